The molecule has 0 saturated carbocycles. The number of methoxy groups -OCH3 is 2. The molecule has 92 valence electrons. The van der Waals surface area contributed by atoms with Crippen LogP contribution in [0.1, 0.15) is 0 Å². The van der Waals surface area contributed by atoms with Crippen LogP contribution in [0.2, 0.25) is 0 Å². The van der Waals surface area contributed by atoms with E-state index in [-0.39, 0.29) is 30.7 Å². The minimum absolute atomic E-state index is 0.0252. The second-order valence-electron chi connectivity index (χ2n) is 3.87. The van der Waals surface area contributed by atoms with Crippen LogP contribution in [-0.2, 0) is 23.7 Å². The molecule has 0 amide bonds. The highest BCUT2D eigenvalue weighted by Gasteiger charge is 2.60. The molecule has 0 aromatic rings. The highest BCUT2D eigenvalue weighted by Crippen LogP contribution is 2.41. The zero-order valence-corrected chi connectivity index (χ0v) is 9.63. The lowest BCUT2D eigenvalue weighted by Gasteiger charge is -2.23. The maximum Gasteiger partial charge on any atom is 0.185 e. The van der Waals surface area contributed by atoms with Crippen LogP contribution in [0.5, 0.6) is 0 Å². The molecular weight excluding hydrogens is 212 g/mol. The summed E-state index contributed by atoms with van der Waals surface area (Å²) in [6.45, 7) is 4.63. The number of hydrogen-bond acceptors (Lipinski definition) is 5. The number of fused-ring (bicyclic) bond motifs is 1. The van der Waals surface area contributed by atoms with Gasteiger partial charge in [0, 0.05) is 14.2 Å². The van der Waals surface area contributed by atoms with E-state index < -0.39 is 0 Å². The van der Waals surface area contributed by atoms with E-state index in [9.17, 15) is 0 Å². The molecule has 0 aromatic heterocycles. The molecular formula is C11H18O5. The summed E-state index contributed by atoms with van der Waals surface area (Å²) in [4.78, 5) is 0. The zero-order valence-electron chi connectivity index (χ0n) is 9.63. The summed E-state index contributed by atoms with van der Waals surface area (Å²) in [6.07, 6.45) is 1.37. The monoisotopic (exact) mass is 230 g/mol. The lowest BCUT2D eigenvalue weighted by atomic mass is 10.2. The summed E-state index contributed by atoms with van der Waals surface area (Å²) in [5.74, 6) is 0. The van der Waals surface area contributed by atoms with Crippen molar-refractivity contribution in [2.75, 3.05) is 27.4 Å². The van der Waals surface area contributed by atoms with Crippen molar-refractivity contribution in [2.24, 2.45) is 0 Å². The molecule has 2 aliphatic rings. The van der Waals surface area contributed by atoms with Gasteiger partial charge in [-0.15, -0.1) is 6.58 Å². The first kappa shape index (κ1) is 12.0. The Balaban J connectivity index is 1.81. The molecule has 1 unspecified atom stereocenters. The van der Waals surface area contributed by atoms with Gasteiger partial charge in [-0.3, -0.25) is 0 Å². The first-order valence-corrected chi connectivity index (χ1v) is 5.37. The number of ether oxygens (including phenoxy) is 5. The molecule has 0 radical (unpaired) electrons. The minimum atomic E-state index is -0.376. The van der Waals surface area contributed by atoms with Gasteiger partial charge >= 0.3 is 0 Å². The van der Waals surface area contributed by atoms with Crippen LogP contribution in [0.25, 0.3) is 0 Å². The summed E-state index contributed by atoms with van der Waals surface area (Å²) in [7, 11) is 3.19. The normalized spacial score (nSPS) is 36.4. The molecule has 0 aromatic carbocycles. The van der Waals surface area contributed by atoms with Gasteiger partial charge in [0.15, 0.2) is 6.29 Å². The Morgan fingerprint density at radius 3 is 2.62 bits per heavy atom. The second-order valence-corrected chi connectivity index (χ2v) is 3.87. The van der Waals surface area contributed by atoms with E-state index in [1.807, 2.05) is 0 Å². The molecule has 2 heterocycles. The zero-order chi connectivity index (χ0) is 11.5. The maximum absolute atomic E-state index is 5.78. The summed E-state index contributed by atoms with van der Waals surface area (Å²) < 4.78 is 27.0. The number of hydrogen-bond donors (Lipinski definition) is 0. The van der Waals surface area contributed by atoms with Crippen LogP contribution in [0.15, 0.2) is 12.7 Å². The van der Waals surface area contributed by atoms with Crippen molar-refractivity contribution >= 4 is 0 Å². The largest absolute Gasteiger partial charge is 0.375 e. The molecule has 2 saturated heterocycles. The van der Waals surface area contributed by atoms with E-state index in [1.54, 1.807) is 20.3 Å². The Kier molecular flexibility index (Phi) is 3.94. The third-order valence-corrected chi connectivity index (χ3v) is 2.83. The fraction of sp³-hybridized carbons (Fsp3) is 0.818. The van der Waals surface area contributed by atoms with Gasteiger partial charge in [-0.2, -0.15) is 0 Å². The molecule has 0 aliphatic carbocycles. The lowest BCUT2D eigenvalue weighted by molar-refractivity contribution is -0.200. The van der Waals surface area contributed by atoms with Gasteiger partial charge in [0.1, 0.15) is 24.4 Å². The lowest BCUT2D eigenvalue weighted by Crippen LogP contribution is -2.36. The average molecular weight is 230 g/mol. The van der Waals surface area contributed by atoms with E-state index in [0.717, 1.165) is 0 Å². The van der Waals surface area contributed by atoms with Crippen molar-refractivity contribution in [3.05, 3.63) is 12.7 Å². The molecule has 2 aliphatic heterocycles. The molecule has 5 heteroatoms. The third kappa shape index (κ3) is 2.28. The Hall–Kier alpha value is -0.460. The summed E-state index contributed by atoms with van der Waals surface area (Å²) >= 11 is 0. The molecule has 2 fully saturated rings. The predicted molar refractivity (Wildman–Crippen MR) is 56.1 cm³/mol. The Morgan fingerprint density at radius 2 is 2.00 bits per heavy atom. The quantitative estimate of drug-likeness (QED) is 0.273. The molecule has 0 bridgehead atoms. The van der Waals surface area contributed by atoms with E-state index >= 15 is 0 Å². The highest BCUT2D eigenvalue weighted by atomic mass is 16.7. The molecule has 4 atom stereocenters. The van der Waals surface area contributed by atoms with Crippen LogP contribution >= 0.6 is 0 Å². The smallest absolute Gasteiger partial charge is 0.185 e. The summed E-state index contributed by atoms with van der Waals surface area (Å²) in [6, 6.07) is 0. The van der Waals surface area contributed by atoms with Crippen molar-refractivity contribution in [3.63, 3.8) is 0 Å². The first-order valence-electron chi connectivity index (χ1n) is 5.37. The highest BCUT2D eigenvalue weighted by molar-refractivity contribution is 5.04. The van der Waals surface area contributed by atoms with Gasteiger partial charge in [0.25, 0.3) is 0 Å². The minimum Gasteiger partial charge on any atom is -0.375 e. The fourth-order valence-electron chi connectivity index (χ4n) is 2.04. The van der Waals surface area contributed by atoms with Crippen LogP contribution in [0.4, 0.5) is 0 Å². The van der Waals surface area contributed by atoms with Crippen LogP contribution < -0.4 is 0 Å². The van der Waals surface area contributed by atoms with Crippen molar-refractivity contribution in [1.82, 2.24) is 0 Å². The van der Waals surface area contributed by atoms with E-state index in [2.05, 4.69) is 6.58 Å². The molecule has 2 rings (SSSR count). The Labute approximate surface area is 95.3 Å². The fourth-order valence-corrected chi connectivity index (χ4v) is 2.04. The van der Waals surface area contributed by atoms with Gasteiger partial charge in [0.05, 0.1) is 13.2 Å². The van der Waals surface area contributed by atoms with E-state index in [1.165, 1.54) is 0 Å². The van der Waals surface area contributed by atoms with E-state index in [0.29, 0.717) is 13.2 Å². The first-order chi connectivity index (χ1) is 7.81. The van der Waals surface area contributed by atoms with Crippen LogP contribution in [-0.4, -0.2) is 58.1 Å². The van der Waals surface area contributed by atoms with E-state index in [4.69, 9.17) is 23.7 Å². The maximum atomic E-state index is 5.78. The van der Waals surface area contributed by atoms with Crippen LogP contribution in [0, 0.1) is 0 Å². The third-order valence-electron chi connectivity index (χ3n) is 2.83. The van der Waals surface area contributed by atoms with Gasteiger partial charge in [-0.05, 0) is 0 Å². The Morgan fingerprint density at radius 1 is 1.25 bits per heavy atom. The van der Waals surface area contributed by atoms with Gasteiger partial charge in [0.2, 0.25) is 0 Å². The number of epoxide rings is 1. The Bertz CT molecular complexity index is 241. The average Bonchev–Trinajstić information content (AvgIpc) is 3.01. The summed E-state index contributed by atoms with van der Waals surface area (Å²) in [5, 5.41) is 0. The molecule has 0 spiro atoms. The topological polar surface area (TPSA) is 49.5 Å². The standard InChI is InChI=1S/C11H18O5/c1-4-5-14-6-7-8-9(16-8)10(15-7)11(12-2)13-3/h4,7-11H,1,5-6H2,2-3H3/t7-,8?,9+,10+/m0/s1. The van der Waals surface area contributed by atoms with Crippen molar-refractivity contribution < 1.29 is 23.7 Å². The van der Waals surface area contributed by atoms with Gasteiger partial charge in [-0.25, -0.2) is 0 Å². The molecule has 0 N–H and O–H groups in total. The van der Waals surface area contributed by atoms with Gasteiger partial charge < -0.3 is 23.7 Å². The second kappa shape index (κ2) is 5.25. The number of rotatable bonds is 7. The van der Waals surface area contributed by atoms with Gasteiger partial charge in [-0.1, -0.05) is 6.08 Å². The van der Waals surface area contributed by atoms with Crippen molar-refractivity contribution in [3.8, 4) is 0 Å². The molecule has 5 nitrogen and oxygen atoms in total. The predicted octanol–water partition coefficient (Wildman–Crippen LogP) is 0.343. The van der Waals surface area contributed by atoms with Crippen molar-refractivity contribution in [2.45, 2.75) is 30.7 Å². The summed E-state index contributed by atoms with van der Waals surface area (Å²) in [5.41, 5.74) is 0. The SMILES string of the molecule is C=CCOC[C@@H]1O[C@@H](C(OC)OC)[C@@H]2OC12. The van der Waals surface area contributed by atoms with Crippen LogP contribution in [0.3, 0.4) is 0 Å². The van der Waals surface area contributed by atoms with Crippen molar-refractivity contribution in [1.29, 1.82) is 0 Å². The molecule has 16 heavy (non-hydrogen) atoms.